The molecule has 2 bridgehead atoms. The molecule has 4 aliphatic heterocycles. The second kappa shape index (κ2) is 38.9. The number of carbonyl (C=O) groups is 14. The summed E-state index contributed by atoms with van der Waals surface area (Å²) in [6.07, 6.45) is 1.69. The number of H-pyrrole nitrogens is 1. The maximum absolute atomic E-state index is 15.0. The number of amides is 14. The van der Waals surface area contributed by atoms with Gasteiger partial charge in [0.2, 0.25) is 82.7 Å². The number of rotatable bonds is 20. The molecule has 5 heterocycles. The van der Waals surface area contributed by atoms with Crippen molar-refractivity contribution in [3.05, 3.63) is 42.0 Å². The van der Waals surface area contributed by atoms with Crippen LogP contribution in [0, 0.1) is 11.8 Å². The zero-order valence-corrected chi connectivity index (χ0v) is 58.4. The zero-order valence-electron chi connectivity index (χ0n) is 55.2. The van der Waals surface area contributed by atoms with E-state index in [1.165, 1.54) is 26.7 Å². The first-order chi connectivity index (χ1) is 46.7. The average molecular weight is 1450 g/mol. The predicted molar refractivity (Wildman–Crippen MR) is 362 cm³/mol. The van der Waals surface area contributed by atoms with Gasteiger partial charge in [-0.25, -0.2) is 4.98 Å². The molecule has 2 aromatic rings. The molecule has 4 aliphatic rings. The van der Waals surface area contributed by atoms with Crippen LogP contribution in [-0.4, -0.2) is 239 Å². The molecule has 14 amide bonds. The fourth-order valence-electron chi connectivity index (χ4n) is 10.7. The van der Waals surface area contributed by atoms with Crippen LogP contribution in [0.15, 0.2) is 30.7 Å². The van der Waals surface area contributed by atoms with Crippen molar-refractivity contribution in [1.29, 1.82) is 0 Å². The number of unbranched alkanes of at least 4 members (excludes halogenated alkanes) is 1. The standard InChI is InChI=1S/C60H89N17O17S4/c1-29(2)15-36-54(86)74-41-26-98-96-25-40(52(84)65-21-47(80)68-37(16-31-10-12-44(93-5)45(17-31)94-6)55(87)69-34(53(85)70-36)9-7-8-14-61)73-57(89)42(75-59(91)49(30(3)4)76-48(81)22-64-51(83)35-11-13-46(79)67-35)27-97-95-24-39(50(62)82)72-58(90)43-19-33(78)23-77(43)60(92)38(71-56(41)88)18-32-20-63-28-66-32/h10,12,17,20,28-30,33-43,49,78H,7-9,11,13-16,18-19,21-27,61H2,1-6H3,(H2,62,82)(H,63,66)(H,64,83)(H,65,84)(H,67,79)(H,68,80)(H,69,87)(H,70,85)(H,71,88)(H,72,90)(H,73,89)(H,74,86)(H,75,91)(H,76,81)/t33-,34+,35+,36+,37+,38+,39+,40+,41+,42+,43+,49+/m1/s1. The van der Waals surface area contributed by atoms with E-state index in [4.69, 9.17) is 20.9 Å². The molecule has 18 N–H and O–H groups in total. The Bertz CT molecular complexity index is 3190. The van der Waals surface area contributed by atoms with Gasteiger partial charge in [-0.2, -0.15) is 0 Å². The second-order valence-electron chi connectivity index (χ2n) is 24.5. The summed E-state index contributed by atoms with van der Waals surface area (Å²) < 4.78 is 10.9. The van der Waals surface area contributed by atoms with Crippen LogP contribution in [0.1, 0.15) is 83.9 Å². The van der Waals surface area contributed by atoms with Crippen LogP contribution in [0.25, 0.3) is 0 Å². The Morgan fingerprint density at radius 2 is 1.36 bits per heavy atom. The van der Waals surface area contributed by atoms with Gasteiger partial charge in [0.1, 0.15) is 66.5 Å². The highest BCUT2D eigenvalue weighted by Crippen LogP contribution is 2.30. The number of fused-ring (bicyclic) bond motifs is 6. The topological polar surface area (TPSA) is 506 Å². The molecule has 12 atom stereocenters. The number of primary amides is 1. The Hall–Kier alpha value is -8.07. The van der Waals surface area contributed by atoms with Gasteiger partial charge < -0.3 is 99.7 Å². The highest BCUT2D eigenvalue weighted by Gasteiger charge is 2.44. The summed E-state index contributed by atoms with van der Waals surface area (Å²) in [4.78, 5) is 205. The SMILES string of the molecule is COc1ccc(C[C@@H]2NC(=O)CNC(=O)[C@@H]3CSSC[C@H](NC(=O)[C@H](CC(C)C)NC(=O)[C@H](CCCCN)NC2=O)C(=O)N[C@@H](Cc2cnc[nH]2)C(=O)N2C[C@H](O)C[C@H]2C(=O)N[C@H](C(N)=O)CSSC[C@H](NC(=O)[C@@H](NC(=O)CNC(=O)[C@@H]2CCC(=O)N2)C(C)C)C(=O)N3)cc1OC. The number of hydrogen-bond donors (Lipinski definition) is 16. The quantitative estimate of drug-likeness (QED) is 0.0437. The number of carbonyl (C=O) groups excluding carboxylic acids is 14. The van der Waals surface area contributed by atoms with E-state index in [0.29, 0.717) is 29.8 Å². The van der Waals surface area contributed by atoms with Crippen LogP contribution in [0.4, 0.5) is 0 Å². The molecule has 4 fully saturated rings. The summed E-state index contributed by atoms with van der Waals surface area (Å²) in [6.45, 7) is 5.15. The third kappa shape index (κ3) is 24.1. The maximum Gasteiger partial charge on any atom is 0.246 e. The van der Waals surface area contributed by atoms with Gasteiger partial charge in [-0.3, -0.25) is 67.1 Å². The number of methoxy groups -OCH3 is 2. The van der Waals surface area contributed by atoms with Crippen molar-refractivity contribution in [1.82, 2.24) is 78.7 Å². The van der Waals surface area contributed by atoms with E-state index >= 15 is 4.79 Å². The lowest BCUT2D eigenvalue weighted by atomic mass is 10.0. The Balaban J connectivity index is 1.42. The van der Waals surface area contributed by atoms with Crippen molar-refractivity contribution in [2.45, 2.75) is 158 Å². The van der Waals surface area contributed by atoms with Crippen LogP contribution in [-0.2, 0) is 80.0 Å². The molecule has 540 valence electrons. The molecule has 0 unspecified atom stereocenters. The van der Waals surface area contributed by atoms with Crippen molar-refractivity contribution in [3.63, 3.8) is 0 Å². The number of nitrogens with one attached hydrogen (secondary N) is 13. The number of aromatic amines is 1. The van der Waals surface area contributed by atoms with Crippen molar-refractivity contribution in [2.24, 2.45) is 23.3 Å². The number of hydrogen-bond acceptors (Lipinski definition) is 23. The number of nitrogens with zero attached hydrogens (tertiary/aromatic N) is 2. The summed E-state index contributed by atoms with van der Waals surface area (Å²) >= 11 is 0. The van der Waals surface area contributed by atoms with E-state index in [0.717, 1.165) is 48.1 Å². The Morgan fingerprint density at radius 3 is 2.00 bits per heavy atom. The van der Waals surface area contributed by atoms with Gasteiger partial charge in [0.05, 0.1) is 39.7 Å². The normalized spacial score (nSPS) is 25.9. The van der Waals surface area contributed by atoms with Gasteiger partial charge in [-0.1, -0.05) is 76.9 Å². The van der Waals surface area contributed by atoms with E-state index in [9.17, 15) is 67.4 Å². The molecule has 1 aromatic carbocycles. The molecule has 0 radical (unpaired) electrons. The number of aliphatic hydroxyl groups is 1. The third-order valence-corrected chi connectivity index (χ3v) is 20.8. The zero-order chi connectivity index (χ0) is 71.8. The van der Waals surface area contributed by atoms with Gasteiger partial charge in [-0.05, 0) is 68.2 Å². The van der Waals surface area contributed by atoms with Crippen LogP contribution in [0.5, 0.6) is 11.5 Å². The lowest BCUT2D eigenvalue weighted by molar-refractivity contribution is -0.142. The van der Waals surface area contributed by atoms with Crippen molar-refractivity contribution >= 4 is 126 Å². The van der Waals surface area contributed by atoms with Crippen LogP contribution in [0.3, 0.4) is 0 Å². The lowest BCUT2D eigenvalue weighted by Crippen LogP contribution is -2.61. The number of imidazole rings is 1. The van der Waals surface area contributed by atoms with Crippen molar-refractivity contribution < 1.29 is 81.7 Å². The number of nitrogens with two attached hydrogens (primary N) is 2. The smallest absolute Gasteiger partial charge is 0.246 e. The summed E-state index contributed by atoms with van der Waals surface area (Å²) in [6, 6.07) is -10.9. The number of aromatic nitrogens is 2. The molecule has 98 heavy (non-hydrogen) atoms. The molecule has 34 nitrogen and oxygen atoms in total. The van der Waals surface area contributed by atoms with Crippen molar-refractivity contribution in [3.8, 4) is 11.5 Å². The first-order valence-corrected chi connectivity index (χ1v) is 36.9. The minimum absolute atomic E-state index is 0.000169. The summed E-state index contributed by atoms with van der Waals surface area (Å²) in [7, 11) is 6.49. The van der Waals surface area contributed by atoms with E-state index in [-0.39, 0.29) is 92.1 Å². The second-order valence-corrected chi connectivity index (χ2v) is 29.6. The highest BCUT2D eigenvalue weighted by atomic mass is 33.1. The molecular weight excluding hydrogens is 1360 g/mol. The van der Waals surface area contributed by atoms with Gasteiger partial charge in [0.25, 0.3) is 0 Å². The monoisotopic (exact) mass is 1450 g/mol. The maximum atomic E-state index is 15.0. The minimum atomic E-state index is -1.61. The van der Waals surface area contributed by atoms with Gasteiger partial charge in [-0.15, -0.1) is 0 Å². The third-order valence-electron chi connectivity index (χ3n) is 16.0. The Morgan fingerprint density at radius 1 is 0.704 bits per heavy atom. The predicted octanol–water partition coefficient (Wildman–Crippen LogP) is -4.85. The van der Waals surface area contributed by atoms with Gasteiger partial charge in [0.15, 0.2) is 11.5 Å². The fourth-order valence-corrected chi connectivity index (χ4v) is 15.4. The van der Waals surface area contributed by atoms with E-state index in [2.05, 4.69) is 73.8 Å². The van der Waals surface area contributed by atoms with E-state index < -0.39 is 175 Å². The van der Waals surface area contributed by atoms with Crippen LogP contribution >= 0.6 is 43.2 Å². The number of benzene rings is 1. The lowest BCUT2D eigenvalue weighted by Gasteiger charge is -2.31. The van der Waals surface area contributed by atoms with Crippen LogP contribution < -0.4 is 84.7 Å². The number of ether oxygens (including phenoxy) is 2. The molecular formula is C60H89N17O17S4. The summed E-state index contributed by atoms with van der Waals surface area (Å²) in [5.41, 5.74) is 12.5. The fraction of sp³-hybridized carbons (Fsp3) is 0.617. The number of aliphatic hydroxyl groups excluding tert-OH is 1. The van der Waals surface area contributed by atoms with Crippen molar-refractivity contribution in [2.75, 3.05) is 63.4 Å². The largest absolute Gasteiger partial charge is 0.493 e. The van der Waals surface area contributed by atoms with Gasteiger partial charge in [0, 0.05) is 67.1 Å². The molecule has 0 aliphatic carbocycles. The molecule has 0 spiro atoms. The van der Waals surface area contributed by atoms with E-state index in [1.54, 1.807) is 45.9 Å². The highest BCUT2D eigenvalue weighted by molar-refractivity contribution is 8.77. The molecule has 0 saturated carbocycles. The summed E-state index contributed by atoms with van der Waals surface area (Å²) in [5.74, 6) is -13.5. The first-order valence-electron chi connectivity index (χ1n) is 31.9. The van der Waals surface area contributed by atoms with Gasteiger partial charge >= 0.3 is 0 Å². The molecule has 6 rings (SSSR count). The van der Waals surface area contributed by atoms with Crippen LogP contribution in [0.2, 0.25) is 0 Å². The Kier molecular flexibility index (Phi) is 31.3. The minimum Gasteiger partial charge on any atom is -0.493 e. The molecule has 4 saturated heterocycles. The average Bonchev–Trinajstić information content (AvgIpc) is 1.62. The Labute approximate surface area is 581 Å². The molecule has 1 aromatic heterocycles. The van der Waals surface area contributed by atoms with E-state index in [1.807, 2.05) is 0 Å². The summed E-state index contributed by atoms with van der Waals surface area (Å²) in [5, 5.41) is 42.4. The first kappa shape index (κ1) is 78.9. The molecule has 38 heteroatoms.